The maximum atomic E-state index is 14.1. The molecule has 1 aromatic heterocycles. The van der Waals surface area contributed by atoms with E-state index in [9.17, 15) is 18.8 Å². The summed E-state index contributed by atoms with van der Waals surface area (Å²) in [7, 11) is 0. The van der Waals surface area contributed by atoms with Crippen LogP contribution in [0, 0.1) is 17.7 Å². The van der Waals surface area contributed by atoms with Crippen molar-refractivity contribution in [1.82, 2.24) is 10.3 Å². The van der Waals surface area contributed by atoms with Gasteiger partial charge < -0.3 is 10.3 Å². The van der Waals surface area contributed by atoms with Crippen LogP contribution in [0.4, 0.5) is 15.8 Å². The molecule has 3 N–H and O–H groups in total. The van der Waals surface area contributed by atoms with Gasteiger partial charge >= 0.3 is 0 Å². The number of anilines is 2. The Hall–Kier alpha value is -3.72. The zero-order chi connectivity index (χ0) is 26.3. The first-order chi connectivity index (χ1) is 18.3. The van der Waals surface area contributed by atoms with Gasteiger partial charge in [0, 0.05) is 39.4 Å². The number of imide groups is 1. The van der Waals surface area contributed by atoms with E-state index < -0.39 is 47.0 Å². The molecule has 3 amide bonds. The number of hydrogen-bond donors (Lipinski definition) is 3. The third kappa shape index (κ3) is 3.08. The highest BCUT2D eigenvalue weighted by atomic mass is 35.5. The summed E-state index contributed by atoms with van der Waals surface area (Å²) in [5, 5.41) is 7.47. The topological polar surface area (TPSA) is 94.3 Å². The van der Waals surface area contributed by atoms with E-state index in [4.69, 9.17) is 23.2 Å². The zero-order valence-corrected chi connectivity index (χ0v) is 21.1. The van der Waals surface area contributed by atoms with Crippen LogP contribution in [0.1, 0.15) is 11.1 Å². The molecule has 4 heterocycles. The second-order valence-electron chi connectivity index (χ2n) is 9.88. The number of aromatic amines is 1. The molecule has 190 valence electrons. The Bertz CT molecular complexity index is 1700. The number of rotatable bonds is 3. The number of aromatic nitrogens is 1. The number of hydrogen-bond acceptors (Lipinski definition) is 4. The number of halogens is 3. The lowest BCUT2D eigenvalue weighted by molar-refractivity contribution is -0.130. The largest absolute Gasteiger partial charge is 0.361 e. The smallest absolute Gasteiger partial charge is 0.250 e. The summed E-state index contributed by atoms with van der Waals surface area (Å²) in [5.74, 6) is -4.03. The van der Waals surface area contributed by atoms with Gasteiger partial charge in [0.15, 0.2) is 0 Å². The van der Waals surface area contributed by atoms with Gasteiger partial charge in [-0.3, -0.25) is 19.7 Å². The molecule has 0 radical (unpaired) electrons. The molecule has 2 fully saturated rings. The third-order valence-corrected chi connectivity index (χ3v) is 8.48. The molecule has 7 rings (SSSR count). The average Bonchev–Trinajstić information content (AvgIpc) is 3.60. The molecule has 4 aromatic rings. The second-order valence-corrected chi connectivity index (χ2v) is 10.7. The summed E-state index contributed by atoms with van der Waals surface area (Å²) < 4.78 is 13.9. The lowest BCUT2D eigenvalue weighted by atomic mass is 9.76. The minimum Gasteiger partial charge on any atom is -0.361 e. The maximum Gasteiger partial charge on any atom is 0.250 e. The van der Waals surface area contributed by atoms with Gasteiger partial charge in [0.2, 0.25) is 17.7 Å². The van der Waals surface area contributed by atoms with E-state index >= 15 is 0 Å². The lowest BCUT2D eigenvalue weighted by Crippen LogP contribution is -2.53. The van der Waals surface area contributed by atoms with Crippen LogP contribution in [0.5, 0.6) is 0 Å². The summed E-state index contributed by atoms with van der Waals surface area (Å²) in [4.78, 5) is 46.0. The van der Waals surface area contributed by atoms with Crippen molar-refractivity contribution in [3.8, 4) is 0 Å². The first kappa shape index (κ1) is 23.4. The van der Waals surface area contributed by atoms with Gasteiger partial charge in [-0.25, -0.2) is 9.29 Å². The molecule has 7 nitrogen and oxygen atoms in total. The quantitative estimate of drug-likeness (QED) is 0.321. The minimum atomic E-state index is -1.51. The van der Waals surface area contributed by atoms with Crippen LogP contribution in [-0.2, 0) is 26.3 Å². The van der Waals surface area contributed by atoms with Crippen LogP contribution in [0.2, 0.25) is 10.0 Å². The monoisotopic (exact) mass is 548 g/mol. The average molecular weight is 549 g/mol. The predicted molar refractivity (Wildman–Crippen MR) is 142 cm³/mol. The van der Waals surface area contributed by atoms with Gasteiger partial charge in [-0.2, -0.15) is 0 Å². The van der Waals surface area contributed by atoms with E-state index in [0.717, 1.165) is 27.4 Å². The first-order valence-corrected chi connectivity index (χ1v) is 12.8. The van der Waals surface area contributed by atoms with Crippen molar-refractivity contribution < 1.29 is 18.8 Å². The fourth-order valence-electron chi connectivity index (χ4n) is 6.36. The van der Waals surface area contributed by atoms with Gasteiger partial charge in [0.1, 0.15) is 11.4 Å². The lowest BCUT2D eigenvalue weighted by Gasteiger charge is -2.29. The molecule has 1 spiro atoms. The van der Waals surface area contributed by atoms with Crippen molar-refractivity contribution >= 4 is 63.2 Å². The summed E-state index contributed by atoms with van der Waals surface area (Å²) in [6.07, 6.45) is 2.26. The number of fused-ring (bicyclic) bond motifs is 5. The molecule has 0 bridgehead atoms. The number of H-pyrrole nitrogens is 1. The van der Waals surface area contributed by atoms with Crippen LogP contribution in [0.3, 0.4) is 0 Å². The number of benzene rings is 3. The van der Waals surface area contributed by atoms with Gasteiger partial charge in [-0.1, -0.05) is 41.4 Å². The number of nitrogens with one attached hydrogen (secondary N) is 3. The summed E-state index contributed by atoms with van der Waals surface area (Å²) in [5.41, 5.74) is 1.59. The number of nitrogens with zero attached hydrogens (tertiary/aromatic N) is 1. The number of amides is 3. The first-order valence-electron chi connectivity index (χ1n) is 12.1. The van der Waals surface area contributed by atoms with Crippen molar-refractivity contribution in [1.29, 1.82) is 0 Å². The molecule has 38 heavy (non-hydrogen) atoms. The summed E-state index contributed by atoms with van der Waals surface area (Å²) in [6, 6.07) is 15.9. The van der Waals surface area contributed by atoms with Crippen LogP contribution in [0.25, 0.3) is 10.9 Å². The molecule has 0 unspecified atom stereocenters. The fourth-order valence-corrected chi connectivity index (χ4v) is 6.71. The highest BCUT2D eigenvalue weighted by Crippen LogP contribution is 2.54. The van der Waals surface area contributed by atoms with Crippen LogP contribution >= 0.6 is 23.2 Å². The molecular weight excluding hydrogens is 530 g/mol. The Morgan fingerprint density at radius 2 is 1.79 bits per heavy atom. The summed E-state index contributed by atoms with van der Waals surface area (Å²) in [6.45, 7) is 0. The normalized spacial score (nSPS) is 25.9. The van der Waals surface area contributed by atoms with Crippen LogP contribution < -0.4 is 15.5 Å². The summed E-state index contributed by atoms with van der Waals surface area (Å²) >= 11 is 12.3. The van der Waals surface area contributed by atoms with Crippen molar-refractivity contribution in [3.63, 3.8) is 0 Å². The van der Waals surface area contributed by atoms with E-state index in [-0.39, 0.29) is 10.7 Å². The molecular formula is C28H19Cl2FN4O3. The fraction of sp³-hybridized carbons (Fsp3) is 0.179. The van der Waals surface area contributed by atoms with Crippen molar-refractivity contribution in [3.05, 3.63) is 93.8 Å². The number of carbonyl (C=O) groups excluding carboxylic acids is 3. The third-order valence-electron chi connectivity index (χ3n) is 7.95. The Morgan fingerprint density at radius 3 is 2.61 bits per heavy atom. The molecule has 3 aromatic carbocycles. The SMILES string of the molecule is O=C1[C@H]2[C@@H](C(=O)N1c1ccc(F)c(Cl)c1)[C@]1(N[C@@H]2Cc2c[nH]c3ccccc23)C(=O)Nc2ccc(Cl)cc21. The molecule has 0 saturated carbocycles. The van der Waals surface area contributed by atoms with Crippen LogP contribution in [-0.4, -0.2) is 28.7 Å². The minimum absolute atomic E-state index is 0.159. The van der Waals surface area contributed by atoms with E-state index in [1.54, 1.807) is 18.2 Å². The molecule has 3 aliphatic rings. The van der Waals surface area contributed by atoms with Gasteiger partial charge in [0.25, 0.3) is 0 Å². The van der Waals surface area contributed by atoms with Gasteiger partial charge in [-0.15, -0.1) is 0 Å². The Labute approximate surface area is 225 Å². The van der Waals surface area contributed by atoms with Crippen molar-refractivity contribution in [2.75, 3.05) is 10.2 Å². The molecule has 4 atom stereocenters. The van der Waals surface area contributed by atoms with Gasteiger partial charge in [0.05, 0.1) is 22.5 Å². The van der Waals surface area contributed by atoms with Gasteiger partial charge in [-0.05, 0) is 54.4 Å². The molecule has 2 saturated heterocycles. The highest BCUT2D eigenvalue weighted by Gasteiger charge is 2.70. The Kier molecular flexibility index (Phi) is 5.01. The standard InChI is InChI=1S/C28H19Cl2FN4O3/c29-14-5-8-21-17(10-14)28(27(38)33-21)24-23(22(34-28)9-13-12-32-20-4-2-1-3-16(13)20)25(36)35(26(24)37)15-6-7-19(31)18(30)11-15/h1-8,10-12,22-24,32,34H,9H2,(H,33,38)/t22-,23-,24+,28+/m1/s1. The van der Waals surface area contributed by atoms with E-state index in [0.29, 0.717) is 22.7 Å². The highest BCUT2D eigenvalue weighted by molar-refractivity contribution is 6.32. The maximum absolute atomic E-state index is 14.1. The van der Waals surface area contributed by atoms with Crippen molar-refractivity contribution in [2.45, 2.75) is 18.0 Å². The Morgan fingerprint density at radius 1 is 0.974 bits per heavy atom. The Balaban J connectivity index is 1.39. The zero-order valence-electron chi connectivity index (χ0n) is 19.6. The molecule has 3 aliphatic heterocycles. The van der Waals surface area contributed by atoms with Crippen molar-refractivity contribution in [2.24, 2.45) is 11.8 Å². The van der Waals surface area contributed by atoms with E-state index in [1.807, 2.05) is 30.5 Å². The van der Waals surface area contributed by atoms with Crippen LogP contribution in [0.15, 0.2) is 66.9 Å². The molecule has 10 heteroatoms. The van der Waals surface area contributed by atoms with E-state index in [2.05, 4.69) is 15.6 Å². The molecule has 0 aliphatic carbocycles. The second kappa shape index (κ2) is 8.14. The predicted octanol–water partition coefficient (Wildman–Crippen LogP) is 4.78. The number of carbonyl (C=O) groups is 3. The number of para-hydroxylation sites is 1. The van der Waals surface area contributed by atoms with E-state index in [1.165, 1.54) is 12.1 Å².